The first-order chi connectivity index (χ1) is 3.69. The first-order valence-corrected chi connectivity index (χ1v) is 3.06. The molecule has 1 aliphatic carbocycles. The van der Waals surface area contributed by atoms with Gasteiger partial charge in [0.2, 0.25) is 0 Å². The molecule has 0 saturated heterocycles. The van der Waals surface area contributed by atoms with Gasteiger partial charge in [0.05, 0.1) is 0 Å². The summed E-state index contributed by atoms with van der Waals surface area (Å²) in [5.74, 6) is 0. The Hall–Kier alpha value is -0.480. The summed E-state index contributed by atoms with van der Waals surface area (Å²) in [5.41, 5.74) is 4.77. The van der Waals surface area contributed by atoms with E-state index in [1.165, 1.54) is 18.4 Å². The molecular formula is C8H12. The summed E-state index contributed by atoms with van der Waals surface area (Å²) in [6, 6.07) is 0. The van der Waals surface area contributed by atoms with Crippen LogP contribution in [0.15, 0.2) is 17.9 Å². The van der Waals surface area contributed by atoms with Gasteiger partial charge >= 0.3 is 0 Å². The predicted octanol–water partition coefficient (Wildman–Crippen LogP) is 2.52. The maximum Gasteiger partial charge on any atom is -0.00429 e. The molecule has 0 N–H and O–H groups in total. The zero-order chi connectivity index (χ0) is 6.20. The normalized spacial score (nSPS) is 21.8. The van der Waals surface area contributed by atoms with Crippen LogP contribution in [0.25, 0.3) is 0 Å². The first kappa shape index (κ1) is 5.65. The molecule has 1 aliphatic rings. The average Bonchev–Trinajstić information content (AvgIpc) is 2.47. The molecule has 1 saturated carbocycles. The summed E-state index contributed by atoms with van der Waals surface area (Å²) in [6.07, 6.45) is 2.67. The van der Waals surface area contributed by atoms with Gasteiger partial charge in [-0.15, -0.1) is 5.73 Å². The van der Waals surface area contributed by atoms with Crippen molar-refractivity contribution in [3.05, 3.63) is 17.9 Å². The van der Waals surface area contributed by atoms with Gasteiger partial charge in [-0.25, -0.2) is 0 Å². The number of rotatable bonds is 1. The van der Waals surface area contributed by atoms with Crippen molar-refractivity contribution in [2.45, 2.75) is 26.7 Å². The Labute approximate surface area is 50.9 Å². The van der Waals surface area contributed by atoms with E-state index in [4.69, 9.17) is 0 Å². The van der Waals surface area contributed by atoms with E-state index < -0.39 is 0 Å². The lowest BCUT2D eigenvalue weighted by atomic mass is 10.0. The minimum Gasteiger partial charge on any atom is -0.129 e. The van der Waals surface area contributed by atoms with Crippen LogP contribution in [0.2, 0.25) is 0 Å². The first-order valence-electron chi connectivity index (χ1n) is 3.06. The molecule has 0 spiro atoms. The third-order valence-corrected chi connectivity index (χ3v) is 2.17. The Kier molecular flexibility index (Phi) is 1.06. The third-order valence-electron chi connectivity index (χ3n) is 2.17. The van der Waals surface area contributed by atoms with Crippen LogP contribution in [-0.2, 0) is 0 Å². The van der Waals surface area contributed by atoms with E-state index in [1.807, 2.05) is 0 Å². The molecule has 0 aliphatic heterocycles. The highest BCUT2D eigenvalue weighted by atomic mass is 14.4. The molecule has 0 heteroatoms. The smallest absolute Gasteiger partial charge is 0.00429 e. The van der Waals surface area contributed by atoms with Gasteiger partial charge < -0.3 is 0 Å². The largest absolute Gasteiger partial charge is 0.129 e. The van der Waals surface area contributed by atoms with Crippen LogP contribution in [0.5, 0.6) is 0 Å². The molecule has 0 amide bonds. The highest BCUT2D eigenvalue weighted by Crippen LogP contribution is 2.50. The van der Waals surface area contributed by atoms with E-state index >= 15 is 0 Å². The van der Waals surface area contributed by atoms with Crippen LogP contribution in [0.1, 0.15) is 26.7 Å². The fourth-order valence-corrected chi connectivity index (χ4v) is 0.776. The fourth-order valence-electron chi connectivity index (χ4n) is 0.776. The van der Waals surface area contributed by atoms with Gasteiger partial charge in [-0.05, 0) is 30.8 Å². The lowest BCUT2D eigenvalue weighted by Gasteiger charge is -2.02. The molecule has 0 aromatic rings. The molecule has 0 bridgehead atoms. The van der Waals surface area contributed by atoms with Gasteiger partial charge in [-0.1, -0.05) is 13.5 Å². The predicted molar refractivity (Wildman–Crippen MR) is 35.7 cm³/mol. The van der Waals surface area contributed by atoms with Crippen molar-refractivity contribution in [1.82, 2.24) is 0 Å². The van der Waals surface area contributed by atoms with E-state index in [2.05, 4.69) is 26.2 Å². The van der Waals surface area contributed by atoms with Crippen LogP contribution in [0, 0.1) is 5.41 Å². The van der Waals surface area contributed by atoms with Gasteiger partial charge in [0, 0.05) is 0 Å². The molecule has 0 nitrogen and oxygen atoms in total. The van der Waals surface area contributed by atoms with Crippen molar-refractivity contribution in [2.24, 2.45) is 5.41 Å². The van der Waals surface area contributed by atoms with Gasteiger partial charge in [-0.3, -0.25) is 0 Å². The molecule has 1 rings (SSSR count). The van der Waals surface area contributed by atoms with Crippen LogP contribution in [-0.4, -0.2) is 0 Å². The Bertz CT molecular complexity index is 143. The minimum absolute atomic E-state index is 0.502. The maximum absolute atomic E-state index is 3.61. The quantitative estimate of drug-likeness (QED) is 0.453. The Balaban J connectivity index is 2.73. The monoisotopic (exact) mass is 108 g/mol. The third kappa shape index (κ3) is 0.719. The molecule has 0 aromatic carbocycles. The highest BCUT2D eigenvalue weighted by Gasteiger charge is 2.38. The van der Waals surface area contributed by atoms with Gasteiger partial charge in [-0.2, -0.15) is 0 Å². The summed E-state index contributed by atoms with van der Waals surface area (Å²) in [6.45, 7) is 7.98. The fraction of sp³-hybridized carbons (Fsp3) is 0.625. The summed E-state index contributed by atoms with van der Waals surface area (Å²) < 4.78 is 0. The molecule has 0 unspecified atom stereocenters. The van der Waals surface area contributed by atoms with E-state index in [9.17, 15) is 0 Å². The number of allylic oxidation sites excluding steroid dienone is 1. The number of hydrogen-bond donors (Lipinski definition) is 0. The van der Waals surface area contributed by atoms with E-state index in [1.54, 1.807) is 0 Å². The topological polar surface area (TPSA) is 0 Å². The molecule has 0 atom stereocenters. The van der Waals surface area contributed by atoms with Gasteiger partial charge in [0.15, 0.2) is 0 Å². The van der Waals surface area contributed by atoms with Gasteiger partial charge in [0.1, 0.15) is 0 Å². The van der Waals surface area contributed by atoms with Crippen molar-refractivity contribution in [3.8, 4) is 0 Å². The Morgan fingerprint density at radius 2 is 2.12 bits per heavy atom. The zero-order valence-electron chi connectivity index (χ0n) is 5.62. The SMILES string of the molecule is C=C=C(C)C1(C)CC1. The average molecular weight is 108 g/mol. The minimum atomic E-state index is 0.502. The molecule has 0 heterocycles. The molecular weight excluding hydrogens is 96.1 g/mol. The maximum atomic E-state index is 3.61. The summed E-state index contributed by atoms with van der Waals surface area (Å²) >= 11 is 0. The Morgan fingerprint density at radius 1 is 1.62 bits per heavy atom. The Morgan fingerprint density at radius 3 is 2.25 bits per heavy atom. The van der Waals surface area contributed by atoms with Crippen molar-refractivity contribution in [3.63, 3.8) is 0 Å². The van der Waals surface area contributed by atoms with Crippen LogP contribution < -0.4 is 0 Å². The molecule has 0 radical (unpaired) electrons. The van der Waals surface area contributed by atoms with E-state index in [0.29, 0.717) is 5.41 Å². The molecule has 1 fully saturated rings. The van der Waals surface area contributed by atoms with E-state index in [-0.39, 0.29) is 0 Å². The molecule has 44 valence electrons. The van der Waals surface area contributed by atoms with Crippen molar-refractivity contribution >= 4 is 0 Å². The molecule has 8 heavy (non-hydrogen) atoms. The van der Waals surface area contributed by atoms with E-state index in [0.717, 1.165) is 0 Å². The van der Waals surface area contributed by atoms with Crippen LogP contribution in [0.3, 0.4) is 0 Å². The van der Waals surface area contributed by atoms with Crippen LogP contribution in [0.4, 0.5) is 0 Å². The zero-order valence-corrected chi connectivity index (χ0v) is 5.62. The van der Waals surface area contributed by atoms with Gasteiger partial charge in [0.25, 0.3) is 0 Å². The second kappa shape index (κ2) is 1.50. The second-order valence-electron chi connectivity index (χ2n) is 2.86. The van der Waals surface area contributed by atoms with Crippen LogP contribution >= 0.6 is 0 Å². The van der Waals surface area contributed by atoms with Crippen molar-refractivity contribution < 1.29 is 0 Å². The lowest BCUT2D eigenvalue weighted by molar-refractivity contribution is 0.691. The number of hydrogen-bond acceptors (Lipinski definition) is 0. The van der Waals surface area contributed by atoms with Crippen molar-refractivity contribution in [1.29, 1.82) is 0 Å². The standard InChI is InChI=1S/C8H12/c1-4-7(2)8(3)5-6-8/h1,5-6H2,2-3H3. The summed E-state index contributed by atoms with van der Waals surface area (Å²) in [4.78, 5) is 0. The molecule has 0 aromatic heterocycles. The summed E-state index contributed by atoms with van der Waals surface area (Å²) in [5, 5.41) is 0. The highest BCUT2D eigenvalue weighted by molar-refractivity contribution is 5.16. The van der Waals surface area contributed by atoms with Crippen molar-refractivity contribution in [2.75, 3.05) is 0 Å². The summed E-state index contributed by atoms with van der Waals surface area (Å²) in [7, 11) is 0. The second-order valence-corrected chi connectivity index (χ2v) is 2.86. The lowest BCUT2D eigenvalue weighted by Crippen LogP contribution is -1.91.